The van der Waals surface area contributed by atoms with Gasteiger partial charge < -0.3 is 10.5 Å². The average molecular weight is 218 g/mol. The normalized spacial score (nSPS) is 17.6. The highest BCUT2D eigenvalue weighted by Crippen LogP contribution is 2.24. The largest absolute Gasteiger partial charge is 0.496 e. The predicted octanol–water partition coefficient (Wildman–Crippen LogP) is 2.39. The van der Waals surface area contributed by atoms with Gasteiger partial charge in [0.2, 0.25) is 0 Å². The van der Waals surface area contributed by atoms with Crippen molar-refractivity contribution < 1.29 is 4.74 Å². The van der Waals surface area contributed by atoms with Crippen molar-refractivity contribution in [3.63, 3.8) is 0 Å². The van der Waals surface area contributed by atoms with Crippen LogP contribution in [0.3, 0.4) is 0 Å². The molecule has 0 fully saturated rings. The molecule has 2 N–H and O–H groups in total. The fraction of sp³-hybridized carbons (Fsp3) is 0.462. The molecule has 2 heterocycles. The van der Waals surface area contributed by atoms with E-state index in [-0.39, 0.29) is 6.04 Å². The van der Waals surface area contributed by atoms with Gasteiger partial charge in [0.05, 0.1) is 12.3 Å². The van der Waals surface area contributed by atoms with E-state index >= 15 is 0 Å². The summed E-state index contributed by atoms with van der Waals surface area (Å²) in [5.74, 6) is 0.866. The summed E-state index contributed by atoms with van der Waals surface area (Å²) in [7, 11) is 0. The van der Waals surface area contributed by atoms with E-state index in [1.54, 1.807) is 0 Å². The van der Waals surface area contributed by atoms with Crippen LogP contribution in [-0.2, 0) is 4.74 Å². The van der Waals surface area contributed by atoms with Crippen molar-refractivity contribution in [2.75, 3.05) is 6.61 Å². The molecule has 0 aromatic carbocycles. The Morgan fingerprint density at radius 3 is 2.88 bits per heavy atom. The third-order valence-corrected chi connectivity index (χ3v) is 2.82. The van der Waals surface area contributed by atoms with Crippen LogP contribution < -0.4 is 5.73 Å². The smallest absolute Gasteiger partial charge is 0.115 e. The Morgan fingerprint density at radius 2 is 2.25 bits per heavy atom. The van der Waals surface area contributed by atoms with Gasteiger partial charge in [-0.25, -0.2) is 0 Å². The summed E-state index contributed by atoms with van der Waals surface area (Å²) in [5.41, 5.74) is 9.37. The van der Waals surface area contributed by atoms with E-state index in [2.05, 4.69) is 17.1 Å². The van der Waals surface area contributed by atoms with Gasteiger partial charge in [-0.05, 0) is 43.9 Å². The van der Waals surface area contributed by atoms with Crippen LogP contribution in [0.15, 0.2) is 24.1 Å². The standard InChI is InChI=1S/C13H18N2O/c1-9-7-10(2)13(15-8-9)12(14)11-5-3-4-6-16-11/h5,7-8,12H,3-4,6,14H2,1-2H3. The molecule has 3 nitrogen and oxygen atoms in total. The monoisotopic (exact) mass is 218 g/mol. The van der Waals surface area contributed by atoms with Gasteiger partial charge in [0.15, 0.2) is 0 Å². The number of pyridine rings is 1. The number of hydrogen-bond acceptors (Lipinski definition) is 3. The molecule has 1 atom stereocenters. The number of ether oxygens (including phenoxy) is 1. The molecule has 1 aliphatic rings. The second kappa shape index (κ2) is 4.66. The van der Waals surface area contributed by atoms with Crippen molar-refractivity contribution in [1.82, 2.24) is 4.98 Å². The fourth-order valence-corrected chi connectivity index (χ4v) is 1.98. The molecular formula is C13H18N2O. The molecule has 0 spiro atoms. The van der Waals surface area contributed by atoms with Crippen LogP contribution >= 0.6 is 0 Å². The molecule has 1 unspecified atom stereocenters. The minimum atomic E-state index is -0.221. The molecule has 1 aromatic heterocycles. The van der Waals surface area contributed by atoms with E-state index < -0.39 is 0 Å². The molecule has 0 amide bonds. The molecule has 0 bridgehead atoms. The Bertz CT molecular complexity index is 412. The minimum absolute atomic E-state index is 0.221. The second-order valence-corrected chi connectivity index (χ2v) is 4.29. The van der Waals surface area contributed by atoms with E-state index in [4.69, 9.17) is 10.5 Å². The highest BCUT2D eigenvalue weighted by molar-refractivity contribution is 5.29. The van der Waals surface area contributed by atoms with Gasteiger partial charge in [-0.15, -0.1) is 0 Å². The number of rotatable bonds is 2. The summed E-state index contributed by atoms with van der Waals surface area (Å²) in [6, 6.07) is 1.88. The number of nitrogens with two attached hydrogens (primary N) is 1. The molecule has 2 rings (SSSR count). The second-order valence-electron chi connectivity index (χ2n) is 4.29. The molecule has 0 saturated carbocycles. The molecule has 86 valence electrons. The van der Waals surface area contributed by atoms with Gasteiger partial charge in [0, 0.05) is 6.20 Å². The maximum atomic E-state index is 6.16. The van der Waals surface area contributed by atoms with Gasteiger partial charge in [-0.1, -0.05) is 6.07 Å². The minimum Gasteiger partial charge on any atom is -0.496 e. The van der Waals surface area contributed by atoms with E-state index in [9.17, 15) is 0 Å². The first-order valence-corrected chi connectivity index (χ1v) is 5.70. The Morgan fingerprint density at radius 1 is 1.44 bits per heavy atom. The number of aryl methyl sites for hydroxylation is 2. The van der Waals surface area contributed by atoms with Crippen LogP contribution in [0.5, 0.6) is 0 Å². The first-order chi connectivity index (χ1) is 7.68. The van der Waals surface area contributed by atoms with Crippen LogP contribution in [0.25, 0.3) is 0 Å². The molecule has 0 saturated heterocycles. The van der Waals surface area contributed by atoms with Crippen molar-refractivity contribution in [3.8, 4) is 0 Å². The molecular weight excluding hydrogens is 200 g/mol. The summed E-state index contributed by atoms with van der Waals surface area (Å²) in [5, 5.41) is 0. The lowest BCUT2D eigenvalue weighted by molar-refractivity contribution is 0.175. The zero-order chi connectivity index (χ0) is 11.5. The Kier molecular flexibility index (Phi) is 3.25. The maximum Gasteiger partial charge on any atom is 0.115 e. The van der Waals surface area contributed by atoms with E-state index in [1.807, 2.05) is 20.0 Å². The van der Waals surface area contributed by atoms with Crippen molar-refractivity contribution in [2.45, 2.75) is 32.7 Å². The van der Waals surface area contributed by atoms with Crippen molar-refractivity contribution in [2.24, 2.45) is 5.73 Å². The molecule has 16 heavy (non-hydrogen) atoms. The van der Waals surface area contributed by atoms with E-state index in [1.165, 1.54) is 0 Å². The van der Waals surface area contributed by atoms with Crippen LogP contribution in [0.2, 0.25) is 0 Å². The van der Waals surface area contributed by atoms with Crippen LogP contribution in [0, 0.1) is 13.8 Å². The van der Waals surface area contributed by atoms with Crippen molar-refractivity contribution >= 4 is 0 Å². The highest BCUT2D eigenvalue weighted by Gasteiger charge is 2.18. The van der Waals surface area contributed by atoms with Gasteiger partial charge >= 0.3 is 0 Å². The van der Waals surface area contributed by atoms with E-state index in [0.717, 1.165) is 42.0 Å². The third-order valence-electron chi connectivity index (χ3n) is 2.82. The van der Waals surface area contributed by atoms with E-state index in [0.29, 0.717) is 0 Å². The third kappa shape index (κ3) is 2.25. The summed E-state index contributed by atoms with van der Waals surface area (Å²) in [6.45, 7) is 4.84. The fourth-order valence-electron chi connectivity index (χ4n) is 1.98. The highest BCUT2D eigenvalue weighted by atomic mass is 16.5. The topological polar surface area (TPSA) is 48.1 Å². The van der Waals surface area contributed by atoms with Crippen molar-refractivity contribution in [3.05, 3.63) is 40.9 Å². The first kappa shape index (κ1) is 11.1. The lowest BCUT2D eigenvalue weighted by atomic mass is 10.0. The summed E-state index contributed by atoms with van der Waals surface area (Å²) >= 11 is 0. The van der Waals surface area contributed by atoms with Gasteiger partial charge in [0.1, 0.15) is 11.8 Å². The molecule has 3 heteroatoms. The maximum absolute atomic E-state index is 6.16. The number of hydrogen-bond donors (Lipinski definition) is 1. The van der Waals surface area contributed by atoms with Crippen LogP contribution in [-0.4, -0.2) is 11.6 Å². The predicted molar refractivity (Wildman–Crippen MR) is 63.9 cm³/mol. The SMILES string of the molecule is Cc1cnc(C(N)C2=CCCCO2)c(C)c1. The zero-order valence-electron chi connectivity index (χ0n) is 9.86. The summed E-state index contributed by atoms with van der Waals surface area (Å²) < 4.78 is 5.58. The van der Waals surface area contributed by atoms with Gasteiger partial charge in [-0.3, -0.25) is 4.98 Å². The van der Waals surface area contributed by atoms with Crippen LogP contribution in [0.4, 0.5) is 0 Å². The Balaban J connectivity index is 2.26. The van der Waals surface area contributed by atoms with Crippen LogP contribution in [0.1, 0.15) is 35.7 Å². The van der Waals surface area contributed by atoms with Gasteiger partial charge in [-0.2, -0.15) is 0 Å². The van der Waals surface area contributed by atoms with Gasteiger partial charge in [0.25, 0.3) is 0 Å². The Hall–Kier alpha value is -1.35. The zero-order valence-corrected chi connectivity index (χ0v) is 9.86. The lowest BCUT2D eigenvalue weighted by Gasteiger charge is -2.21. The summed E-state index contributed by atoms with van der Waals surface area (Å²) in [6.07, 6.45) is 6.06. The number of allylic oxidation sites excluding steroid dienone is 1. The molecule has 1 aromatic rings. The van der Waals surface area contributed by atoms with Crippen molar-refractivity contribution in [1.29, 1.82) is 0 Å². The summed E-state index contributed by atoms with van der Waals surface area (Å²) in [4.78, 5) is 4.41. The number of nitrogens with zero attached hydrogens (tertiary/aromatic N) is 1. The quantitative estimate of drug-likeness (QED) is 0.829. The number of aromatic nitrogens is 1. The molecule has 1 aliphatic heterocycles. The average Bonchev–Trinajstić information content (AvgIpc) is 2.29. The molecule has 0 radical (unpaired) electrons. The molecule has 0 aliphatic carbocycles. The Labute approximate surface area is 96.3 Å². The lowest BCUT2D eigenvalue weighted by Crippen LogP contribution is -2.20. The first-order valence-electron chi connectivity index (χ1n) is 5.70.